The van der Waals surface area contributed by atoms with Gasteiger partial charge in [-0.25, -0.2) is 4.98 Å². The van der Waals surface area contributed by atoms with Crippen molar-refractivity contribution < 1.29 is 13.3 Å². The Balaban J connectivity index is 0.997. The normalized spacial score (nSPS) is 12.0. The van der Waals surface area contributed by atoms with Crippen molar-refractivity contribution in [1.29, 1.82) is 0 Å². The maximum atomic E-state index is 6.68. The van der Waals surface area contributed by atoms with E-state index in [1.807, 2.05) is 30.3 Å². The molecule has 4 aromatic heterocycles. The van der Waals surface area contributed by atoms with E-state index in [1.165, 1.54) is 0 Å². The number of rotatable bonds is 5. The number of nitrogens with zero attached hydrogens (tertiary/aromatic N) is 1. The Labute approximate surface area is 372 Å². The van der Waals surface area contributed by atoms with E-state index in [-0.39, 0.29) is 0 Å². The summed E-state index contributed by atoms with van der Waals surface area (Å²) >= 11 is 0. The molecule has 0 spiro atoms. The van der Waals surface area contributed by atoms with Crippen molar-refractivity contribution >= 4 is 87.5 Å². The molecule has 0 saturated carbocycles. The van der Waals surface area contributed by atoms with Crippen LogP contribution < -0.4 is 0 Å². The number of furan rings is 3. The van der Waals surface area contributed by atoms with Gasteiger partial charge in [0.2, 0.25) is 0 Å². The molecule has 302 valence electrons. The SMILES string of the molecule is c1ccc(-c2c3c(cc4c(-c5cccc(-c6cc(-c7ccc8c(c7)oc7ccccc78)cc(-c7ccc8c(c7)oc7ccccc78)c6)c5)nc5ccccc5c24)oc2ccccc23)cc1. The zero-order chi connectivity index (χ0) is 42.6. The van der Waals surface area contributed by atoms with E-state index < -0.39 is 0 Å². The molecular formula is C61H35NO3. The van der Waals surface area contributed by atoms with Gasteiger partial charge in [0.1, 0.15) is 33.5 Å². The van der Waals surface area contributed by atoms with Crippen LogP contribution in [0.3, 0.4) is 0 Å². The number of hydrogen-bond acceptors (Lipinski definition) is 4. The highest BCUT2D eigenvalue weighted by Gasteiger charge is 2.22. The lowest BCUT2D eigenvalue weighted by molar-refractivity contribution is 0.668. The molecule has 0 amide bonds. The van der Waals surface area contributed by atoms with Gasteiger partial charge in [0, 0.05) is 59.6 Å². The van der Waals surface area contributed by atoms with Crippen molar-refractivity contribution in [3.05, 3.63) is 212 Å². The quantitative estimate of drug-likeness (QED) is 0.162. The van der Waals surface area contributed by atoms with Crippen molar-refractivity contribution in [2.75, 3.05) is 0 Å². The Morgan fingerprint density at radius 2 is 0.708 bits per heavy atom. The summed E-state index contributed by atoms with van der Waals surface area (Å²) in [6, 6.07) is 75.1. The Hall–Kier alpha value is -8.73. The van der Waals surface area contributed by atoms with Crippen LogP contribution in [-0.2, 0) is 0 Å². The molecule has 4 heterocycles. The fraction of sp³-hybridized carbons (Fsp3) is 0. The van der Waals surface area contributed by atoms with Gasteiger partial charge in [0.25, 0.3) is 0 Å². The Kier molecular flexibility index (Phi) is 7.65. The van der Waals surface area contributed by atoms with Crippen LogP contribution in [-0.4, -0.2) is 4.98 Å². The molecule has 4 heteroatoms. The minimum atomic E-state index is 0.840. The van der Waals surface area contributed by atoms with E-state index in [2.05, 4.69) is 182 Å². The molecule has 14 aromatic rings. The number of pyridine rings is 1. The van der Waals surface area contributed by atoms with E-state index >= 15 is 0 Å². The van der Waals surface area contributed by atoms with E-state index in [1.54, 1.807) is 0 Å². The highest BCUT2D eigenvalue weighted by molar-refractivity contribution is 6.27. The van der Waals surface area contributed by atoms with Gasteiger partial charge in [-0.3, -0.25) is 0 Å². The second kappa shape index (κ2) is 13.9. The van der Waals surface area contributed by atoms with Crippen molar-refractivity contribution in [2.45, 2.75) is 0 Å². The second-order valence-corrected chi connectivity index (χ2v) is 17.0. The Morgan fingerprint density at radius 1 is 0.246 bits per heavy atom. The predicted molar refractivity (Wildman–Crippen MR) is 268 cm³/mol. The van der Waals surface area contributed by atoms with Crippen LogP contribution in [0.15, 0.2) is 226 Å². The highest BCUT2D eigenvalue weighted by atomic mass is 16.3. The number of hydrogen-bond donors (Lipinski definition) is 0. The highest BCUT2D eigenvalue weighted by Crippen LogP contribution is 2.47. The van der Waals surface area contributed by atoms with Gasteiger partial charge >= 0.3 is 0 Å². The lowest BCUT2D eigenvalue weighted by atomic mass is 9.89. The molecule has 0 N–H and O–H groups in total. The van der Waals surface area contributed by atoms with Crippen molar-refractivity contribution in [3.8, 4) is 55.8 Å². The fourth-order valence-electron chi connectivity index (χ4n) is 10.2. The van der Waals surface area contributed by atoms with Crippen LogP contribution in [0.2, 0.25) is 0 Å². The average molecular weight is 830 g/mol. The molecule has 0 bridgehead atoms. The van der Waals surface area contributed by atoms with Gasteiger partial charge in [0.15, 0.2) is 0 Å². The van der Waals surface area contributed by atoms with Gasteiger partial charge in [0.05, 0.1) is 11.2 Å². The predicted octanol–water partition coefficient (Wildman–Crippen LogP) is 17.4. The molecule has 0 radical (unpaired) electrons. The molecule has 0 aliphatic rings. The second-order valence-electron chi connectivity index (χ2n) is 17.0. The van der Waals surface area contributed by atoms with Crippen LogP contribution in [0.25, 0.3) is 143 Å². The molecule has 4 nitrogen and oxygen atoms in total. The molecule has 0 atom stereocenters. The first kappa shape index (κ1) is 35.8. The van der Waals surface area contributed by atoms with Crippen LogP contribution in [0, 0.1) is 0 Å². The average Bonchev–Trinajstić information content (AvgIpc) is 4.06. The topological polar surface area (TPSA) is 52.3 Å². The van der Waals surface area contributed by atoms with Crippen LogP contribution >= 0.6 is 0 Å². The third-order valence-corrected chi connectivity index (χ3v) is 13.2. The molecular weight excluding hydrogens is 795 g/mol. The largest absolute Gasteiger partial charge is 0.456 e. The summed E-state index contributed by atoms with van der Waals surface area (Å²) in [4.78, 5) is 5.47. The number of fused-ring (bicyclic) bond motifs is 12. The zero-order valence-electron chi connectivity index (χ0n) is 34.9. The molecule has 65 heavy (non-hydrogen) atoms. The molecule has 0 unspecified atom stereocenters. The number of benzene rings is 10. The Bertz CT molecular complexity index is 4110. The Morgan fingerprint density at radius 3 is 1.35 bits per heavy atom. The van der Waals surface area contributed by atoms with E-state index in [4.69, 9.17) is 18.2 Å². The summed E-state index contributed by atoms with van der Waals surface area (Å²) in [7, 11) is 0. The molecule has 0 saturated heterocycles. The lowest BCUT2D eigenvalue weighted by Crippen LogP contribution is -1.93. The van der Waals surface area contributed by atoms with Gasteiger partial charge in [-0.1, -0.05) is 133 Å². The number of aromatic nitrogens is 1. The third kappa shape index (κ3) is 5.61. The van der Waals surface area contributed by atoms with Crippen LogP contribution in [0.4, 0.5) is 0 Å². The molecule has 0 fully saturated rings. The molecule has 0 aliphatic heterocycles. The van der Waals surface area contributed by atoms with E-state index in [9.17, 15) is 0 Å². The molecule has 0 aliphatic carbocycles. The fourth-order valence-corrected chi connectivity index (χ4v) is 10.2. The minimum Gasteiger partial charge on any atom is -0.456 e. The smallest absolute Gasteiger partial charge is 0.136 e. The molecule has 14 rings (SSSR count). The van der Waals surface area contributed by atoms with Gasteiger partial charge in [-0.05, 0) is 118 Å². The number of para-hydroxylation sites is 4. The third-order valence-electron chi connectivity index (χ3n) is 13.2. The summed E-state index contributed by atoms with van der Waals surface area (Å²) in [5.74, 6) is 0. The van der Waals surface area contributed by atoms with Gasteiger partial charge in [-0.15, -0.1) is 0 Å². The maximum Gasteiger partial charge on any atom is 0.136 e. The van der Waals surface area contributed by atoms with Crippen molar-refractivity contribution in [2.24, 2.45) is 0 Å². The summed E-state index contributed by atoms with van der Waals surface area (Å²) < 4.78 is 19.5. The van der Waals surface area contributed by atoms with Crippen molar-refractivity contribution in [3.63, 3.8) is 0 Å². The van der Waals surface area contributed by atoms with Gasteiger partial charge in [-0.2, -0.15) is 0 Å². The first-order valence-electron chi connectivity index (χ1n) is 22.0. The standard InChI is InChI=1S/C61H35NO3/c1-2-13-36(14-3-1)58-59-48-19-4-8-21-51(48)62-61(50(59)35-57-60(58)49-20-7-11-24-54(49)65-57)40-16-12-15-37(29-40)41-30-42(38-25-27-46-44-17-5-9-22-52(44)63-55(46)33-38)32-43(31-41)39-26-28-47-45-18-6-10-23-53(45)64-56(47)34-39/h1-35H. The van der Waals surface area contributed by atoms with Crippen LogP contribution in [0.1, 0.15) is 0 Å². The zero-order valence-corrected chi connectivity index (χ0v) is 34.9. The summed E-state index contributed by atoms with van der Waals surface area (Å²) in [6.07, 6.45) is 0. The first-order valence-corrected chi connectivity index (χ1v) is 22.0. The monoisotopic (exact) mass is 829 g/mol. The van der Waals surface area contributed by atoms with Crippen LogP contribution in [0.5, 0.6) is 0 Å². The van der Waals surface area contributed by atoms with E-state index in [0.29, 0.717) is 0 Å². The lowest BCUT2D eigenvalue weighted by Gasteiger charge is -2.16. The summed E-state index contributed by atoms with van der Waals surface area (Å²) in [6.45, 7) is 0. The first-order chi connectivity index (χ1) is 32.2. The maximum absolute atomic E-state index is 6.68. The van der Waals surface area contributed by atoms with E-state index in [0.717, 1.165) is 143 Å². The summed E-state index contributed by atoms with van der Waals surface area (Å²) in [5.41, 5.74) is 16.9. The van der Waals surface area contributed by atoms with Gasteiger partial charge < -0.3 is 13.3 Å². The summed E-state index contributed by atoms with van der Waals surface area (Å²) in [5, 5.41) is 9.96. The minimum absolute atomic E-state index is 0.840. The van der Waals surface area contributed by atoms with Crippen molar-refractivity contribution in [1.82, 2.24) is 4.98 Å². The molecule has 10 aromatic carbocycles.